The summed E-state index contributed by atoms with van der Waals surface area (Å²) in [5, 5.41) is 11.5. The maximum absolute atomic E-state index is 12.4. The van der Waals surface area contributed by atoms with Gasteiger partial charge in [-0.1, -0.05) is 48.6 Å². The molecule has 1 atom stereocenters. The fraction of sp³-hybridized carbons (Fsp3) is 0.182. The van der Waals surface area contributed by atoms with Crippen LogP contribution in [0.25, 0.3) is 11.6 Å². The van der Waals surface area contributed by atoms with Gasteiger partial charge in [-0.3, -0.25) is 9.59 Å². The van der Waals surface area contributed by atoms with E-state index in [1.807, 2.05) is 12.1 Å². The molecule has 1 unspecified atom stereocenters. The third kappa shape index (κ3) is 4.78. The van der Waals surface area contributed by atoms with Gasteiger partial charge in [0.2, 0.25) is 5.91 Å². The molecule has 0 aromatic heterocycles. The molecule has 0 saturated carbocycles. The van der Waals surface area contributed by atoms with Crippen molar-refractivity contribution in [1.82, 2.24) is 0 Å². The Bertz CT molecular complexity index is 898. The smallest absolute Gasteiger partial charge is 0.241 e. The zero-order valence-electron chi connectivity index (χ0n) is 14.9. The van der Waals surface area contributed by atoms with Crippen molar-refractivity contribution in [3.63, 3.8) is 0 Å². The quantitative estimate of drug-likeness (QED) is 0.660. The van der Waals surface area contributed by atoms with Crippen LogP contribution in [0.5, 0.6) is 0 Å². The Morgan fingerprint density at radius 3 is 2.63 bits per heavy atom. The molecule has 5 heteroatoms. The normalized spacial score (nSPS) is 13.9. The molecule has 0 bridgehead atoms. The zero-order valence-corrected chi connectivity index (χ0v) is 14.9. The SMILES string of the molecule is NC(CC1=CCc2ccccc21)C(=O)Nc1ccc(/C=C/C(=O)CO)cc1. The fourth-order valence-corrected chi connectivity index (χ4v) is 3.03. The zero-order chi connectivity index (χ0) is 19.2. The van der Waals surface area contributed by atoms with E-state index in [0.717, 1.165) is 17.6 Å². The van der Waals surface area contributed by atoms with Crippen LogP contribution in [-0.2, 0) is 16.0 Å². The van der Waals surface area contributed by atoms with E-state index >= 15 is 0 Å². The highest BCUT2D eigenvalue weighted by molar-refractivity contribution is 5.96. The lowest BCUT2D eigenvalue weighted by Crippen LogP contribution is -2.35. The number of ketones is 1. The lowest BCUT2D eigenvalue weighted by molar-refractivity contribution is -0.117. The molecule has 1 aliphatic carbocycles. The number of hydrogen-bond donors (Lipinski definition) is 3. The van der Waals surface area contributed by atoms with Crippen LogP contribution >= 0.6 is 0 Å². The van der Waals surface area contributed by atoms with Crippen molar-refractivity contribution >= 4 is 29.0 Å². The molecule has 0 fully saturated rings. The van der Waals surface area contributed by atoms with E-state index < -0.39 is 12.6 Å². The van der Waals surface area contributed by atoms with Crippen LogP contribution in [-0.4, -0.2) is 29.4 Å². The van der Waals surface area contributed by atoms with Crippen molar-refractivity contribution in [1.29, 1.82) is 0 Å². The van der Waals surface area contributed by atoms with Gasteiger partial charge < -0.3 is 16.2 Å². The highest BCUT2D eigenvalue weighted by atomic mass is 16.3. The average Bonchev–Trinajstić information content (AvgIpc) is 3.10. The minimum Gasteiger partial charge on any atom is -0.388 e. The van der Waals surface area contributed by atoms with E-state index in [1.165, 1.54) is 17.2 Å². The van der Waals surface area contributed by atoms with Crippen molar-refractivity contribution in [2.75, 3.05) is 11.9 Å². The lowest BCUT2D eigenvalue weighted by Gasteiger charge is -2.14. The topological polar surface area (TPSA) is 92.4 Å². The largest absolute Gasteiger partial charge is 0.388 e. The van der Waals surface area contributed by atoms with E-state index in [9.17, 15) is 9.59 Å². The molecule has 1 amide bonds. The molecule has 27 heavy (non-hydrogen) atoms. The molecule has 1 aliphatic rings. The molecular formula is C22H22N2O3. The summed E-state index contributed by atoms with van der Waals surface area (Å²) in [6, 6.07) is 14.6. The molecule has 0 aliphatic heterocycles. The number of benzene rings is 2. The minimum absolute atomic E-state index is 0.237. The number of nitrogens with two attached hydrogens (primary N) is 1. The molecule has 0 spiro atoms. The number of fused-ring (bicyclic) bond motifs is 1. The summed E-state index contributed by atoms with van der Waals surface area (Å²) in [6.45, 7) is -0.510. The minimum atomic E-state index is -0.635. The number of carbonyl (C=O) groups is 2. The monoisotopic (exact) mass is 362 g/mol. The number of carbonyl (C=O) groups excluding carboxylic acids is 2. The predicted molar refractivity (Wildman–Crippen MR) is 107 cm³/mol. The maximum atomic E-state index is 12.4. The van der Waals surface area contributed by atoms with E-state index in [0.29, 0.717) is 12.1 Å². The summed E-state index contributed by atoms with van der Waals surface area (Å²) in [5.41, 5.74) is 11.1. The first-order valence-corrected chi connectivity index (χ1v) is 8.82. The molecule has 5 nitrogen and oxygen atoms in total. The number of hydrogen-bond acceptors (Lipinski definition) is 4. The van der Waals surface area contributed by atoms with Crippen LogP contribution in [0.15, 0.2) is 60.7 Å². The van der Waals surface area contributed by atoms with Gasteiger partial charge in [0.15, 0.2) is 5.78 Å². The van der Waals surface area contributed by atoms with E-state index in [1.54, 1.807) is 30.3 Å². The van der Waals surface area contributed by atoms with Gasteiger partial charge in [-0.15, -0.1) is 0 Å². The van der Waals surface area contributed by atoms with Crippen LogP contribution < -0.4 is 11.1 Å². The predicted octanol–water partition coefficient (Wildman–Crippen LogP) is 2.56. The Labute approximate surface area is 158 Å². The Morgan fingerprint density at radius 1 is 1.15 bits per heavy atom. The van der Waals surface area contributed by atoms with Gasteiger partial charge in [-0.05, 0) is 53.3 Å². The van der Waals surface area contributed by atoms with Gasteiger partial charge in [-0.2, -0.15) is 0 Å². The highest BCUT2D eigenvalue weighted by Gasteiger charge is 2.20. The van der Waals surface area contributed by atoms with E-state index in [2.05, 4.69) is 23.5 Å². The van der Waals surface area contributed by atoms with Crippen molar-refractivity contribution in [3.05, 3.63) is 77.4 Å². The van der Waals surface area contributed by atoms with Crippen LogP contribution in [0.3, 0.4) is 0 Å². The average molecular weight is 362 g/mol. The standard InChI is InChI=1S/C22H22N2O3/c23-21(13-17-9-8-16-3-1-2-4-20(16)17)22(27)24-18-10-5-15(6-11-18)7-12-19(26)14-25/h1-7,9-12,21,25H,8,13-14,23H2,(H,24,27)/b12-7+. The van der Waals surface area contributed by atoms with Crippen LogP contribution in [0.2, 0.25) is 0 Å². The second-order valence-corrected chi connectivity index (χ2v) is 6.47. The summed E-state index contributed by atoms with van der Waals surface area (Å²) in [7, 11) is 0. The highest BCUT2D eigenvalue weighted by Crippen LogP contribution is 2.30. The first kappa shape index (κ1) is 18.8. The number of amides is 1. The summed E-state index contributed by atoms with van der Waals surface area (Å²) in [5.74, 6) is -0.597. The van der Waals surface area contributed by atoms with Crippen molar-refractivity contribution in [3.8, 4) is 0 Å². The lowest BCUT2D eigenvalue weighted by atomic mass is 9.99. The van der Waals surface area contributed by atoms with Gasteiger partial charge in [0, 0.05) is 5.69 Å². The maximum Gasteiger partial charge on any atom is 0.241 e. The van der Waals surface area contributed by atoms with Crippen LogP contribution in [0.4, 0.5) is 5.69 Å². The Kier molecular flexibility index (Phi) is 5.96. The van der Waals surface area contributed by atoms with Crippen molar-refractivity contribution in [2.45, 2.75) is 18.9 Å². The third-order valence-electron chi connectivity index (χ3n) is 4.50. The van der Waals surface area contributed by atoms with Gasteiger partial charge in [0.25, 0.3) is 0 Å². The number of nitrogens with one attached hydrogen (secondary N) is 1. The Hall–Kier alpha value is -3.02. The second kappa shape index (κ2) is 8.58. The van der Waals surface area contributed by atoms with Gasteiger partial charge >= 0.3 is 0 Å². The number of allylic oxidation sites excluding steroid dienone is 1. The van der Waals surface area contributed by atoms with E-state index in [4.69, 9.17) is 10.8 Å². The molecule has 4 N–H and O–H groups in total. The summed E-state index contributed by atoms with van der Waals surface area (Å²) >= 11 is 0. The Balaban J connectivity index is 1.57. The molecule has 0 heterocycles. The second-order valence-electron chi connectivity index (χ2n) is 6.47. The summed E-state index contributed by atoms with van der Waals surface area (Å²) < 4.78 is 0. The fourth-order valence-electron chi connectivity index (χ4n) is 3.03. The first-order chi connectivity index (χ1) is 13.1. The van der Waals surface area contributed by atoms with E-state index in [-0.39, 0.29) is 11.7 Å². The first-order valence-electron chi connectivity index (χ1n) is 8.82. The van der Waals surface area contributed by atoms with Crippen molar-refractivity contribution < 1.29 is 14.7 Å². The van der Waals surface area contributed by atoms with Crippen LogP contribution in [0.1, 0.15) is 23.1 Å². The molecule has 138 valence electrons. The van der Waals surface area contributed by atoms with Gasteiger partial charge in [0.1, 0.15) is 6.61 Å². The number of rotatable bonds is 7. The number of aliphatic hydroxyl groups is 1. The molecule has 0 radical (unpaired) electrons. The summed E-state index contributed by atoms with van der Waals surface area (Å²) in [4.78, 5) is 23.5. The van der Waals surface area contributed by atoms with Gasteiger partial charge in [-0.25, -0.2) is 0 Å². The van der Waals surface area contributed by atoms with Gasteiger partial charge in [0.05, 0.1) is 6.04 Å². The molecule has 2 aromatic rings. The number of aliphatic hydroxyl groups excluding tert-OH is 1. The third-order valence-corrected chi connectivity index (χ3v) is 4.50. The molecular weight excluding hydrogens is 340 g/mol. The van der Waals surface area contributed by atoms with Crippen molar-refractivity contribution in [2.24, 2.45) is 5.73 Å². The molecule has 2 aromatic carbocycles. The Morgan fingerprint density at radius 2 is 1.89 bits per heavy atom. The van der Waals surface area contributed by atoms with Crippen LogP contribution in [0, 0.1) is 0 Å². The molecule has 3 rings (SSSR count). The summed E-state index contributed by atoms with van der Waals surface area (Å²) in [6.07, 6.45) is 6.43. The number of anilines is 1. The molecule has 0 saturated heterocycles.